The van der Waals surface area contributed by atoms with Crippen LogP contribution in [0.1, 0.15) is 45.1 Å². The number of hydrogen-bond donors (Lipinski definition) is 1. The first-order valence-electron chi connectivity index (χ1n) is 6.22. The summed E-state index contributed by atoms with van der Waals surface area (Å²) in [5, 5.41) is 0. The fourth-order valence-electron chi connectivity index (χ4n) is 2.98. The van der Waals surface area contributed by atoms with Crippen molar-refractivity contribution in [2.24, 2.45) is 5.73 Å². The van der Waals surface area contributed by atoms with Crippen LogP contribution in [0.15, 0.2) is 30.3 Å². The molecule has 1 aliphatic carbocycles. The first-order valence-corrected chi connectivity index (χ1v) is 6.22. The second-order valence-corrected chi connectivity index (χ2v) is 5.55. The zero-order valence-corrected chi connectivity index (χ0v) is 10.4. The lowest BCUT2D eigenvalue weighted by Gasteiger charge is -2.47. The molecule has 0 aromatic heterocycles. The lowest BCUT2D eigenvalue weighted by molar-refractivity contribution is 0.207. The summed E-state index contributed by atoms with van der Waals surface area (Å²) in [6, 6.07) is 10.8. The topological polar surface area (TPSA) is 26.0 Å². The fraction of sp³-hybridized carbons (Fsp3) is 0.533. The van der Waals surface area contributed by atoms with E-state index in [1.807, 2.05) is 0 Å². The van der Waals surface area contributed by atoms with E-state index in [9.17, 15) is 0 Å². The molecule has 1 unspecified atom stereocenters. The van der Waals surface area contributed by atoms with Crippen LogP contribution >= 0.6 is 0 Å². The highest BCUT2D eigenvalue weighted by atomic mass is 14.8. The van der Waals surface area contributed by atoms with Gasteiger partial charge in [-0.1, -0.05) is 43.2 Å². The van der Waals surface area contributed by atoms with E-state index in [1.165, 1.54) is 24.8 Å². The minimum absolute atomic E-state index is 0.131. The molecule has 1 aliphatic rings. The highest BCUT2D eigenvalue weighted by Crippen LogP contribution is 2.45. The summed E-state index contributed by atoms with van der Waals surface area (Å²) in [4.78, 5) is 0. The van der Waals surface area contributed by atoms with Crippen molar-refractivity contribution in [3.63, 3.8) is 0 Å². The highest BCUT2D eigenvalue weighted by molar-refractivity contribution is 5.31. The first-order chi connectivity index (χ1) is 7.56. The van der Waals surface area contributed by atoms with Crippen LogP contribution < -0.4 is 5.73 Å². The van der Waals surface area contributed by atoms with Gasteiger partial charge in [0.25, 0.3) is 0 Å². The Morgan fingerprint density at radius 2 is 1.88 bits per heavy atom. The molecule has 0 amide bonds. The third kappa shape index (κ3) is 1.89. The van der Waals surface area contributed by atoms with Crippen molar-refractivity contribution in [1.82, 2.24) is 0 Å². The average Bonchev–Trinajstić information content (AvgIpc) is 2.30. The van der Waals surface area contributed by atoms with E-state index >= 15 is 0 Å². The molecule has 1 heteroatoms. The molecule has 0 saturated heterocycles. The summed E-state index contributed by atoms with van der Waals surface area (Å²) < 4.78 is 0. The van der Waals surface area contributed by atoms with Gasteiger partial charge < -0.3 is 5.73 Å². The Morgan fingerprint density at radius 3 is 2.38 bits per heavy atom. The lowest BCUT2D eigenvalue weighted by atomic mass is 9.60. The molecular formula is C15H22N. The molecule has 16 heavy (non-hydrogen) atoms. The van der Waals surface area contributed by atoms with Gasteiger partial charge in [0.05, 0.1) is 0 Å². The molecule has 0 spiro atoms. The zero-order chi connectivity index (χ0) is 11.6. The van der Waals surface area contributed by atoms with Gasteiger partial charge in [-0.2, -0.15) is 0 Å². The van der Waals surface area contributed by atoms with Crippen LogP contribution in [-0.4, -0.2) is 5.54 Å². The number of rotatable bonds is 2. The van der Waals surface area contributed by atoms with E-state index in [-0.39, 0.29) is 11.0 Å². The van der Waals surface area contributed by atoms with Crippen molar-refractivity contribution in [3.05, 3.63) is 42.3 Å². The Morgan fingerprint density at radius 1 is 1.19 bits per heavy atom. The van der Waals surface area contributed by atoms with Gasteiger partial charge in [0.1, 0.15) is 0 Å². The van der Waals surface area contributed by atoms with Crippen molar-refractivity contribution >= 4 is 0 Å². The van der Waals surface area contributed by atoms with Gasteiger partial charge in [-0.25, -0.2) is 0 Å². The van der Waals surface area contributed by atoms with Crippen molar-refractivity contribution in [1.29, 1.82) is 0 Å². The Labute approximate surface area is 99.0 Å². The summed E-state index contributed by atoms with van der Waals surface area (Å²) in [5.41, 5.74) is 7.83. The van der Waals surface area contributed by atoms with E-state index in [0.29, 0.717) is 0 Å². The van der Waals surface area contributed by atoms with Crippen molar-refractivity contribution in [2.45, 2.75) is 50.5 Å². The van der Waals surface area contributed by atoms with Crippen LogP contribution in [-0.2, 0) is 5.41 Å². The van der Waals surface area contributed by atoms with Gasteiger partial charge in [-0.05, 0) is 38.7 Å². The largest absolute Gasteiger partial charge is 0.325 e. The maximum atomic E-state index is 6.46. The number of hydrogen-bond acceptors (Lipinski definition) is 1. The van der Waals surface area contributed by atoms with Crippen LogP contribution in [0.3, 0.4) is 0 Å². The zero-order valence-electron chi connectivity index (χ0n) is 10.4. The van der Waals surface area contributed by atoms with Crippen molar-refractivity contribution < 1.29 is 0 Å². The number of nitrogens with two attached hydrogens (primary N) is 1. The van der Waals surface area contributed by atoms with Gasteiger partial charge in [0, 0.05) is 11.0 Å². The molecule has 2 rings (SSSR count). The predicted octanol–water partition coefficient (Wildman–Crippen LogP) is 3.44. The summed E-state index contributed by atoms with van der Waals surface area (Å²) in [7, 11) is 0. The molecule has 0 bridgehead atoms. The van der Waals surface area contributed by atoms with Gasteiger partial charge >= 0.3 is 0 Å². The monoisotopic (exact) mass is 216 g/mol. The summed E-state index contributed by atoms with van der Waals surface area (Å²) in [5.74, 6) is 0. The van der Waals surface area contributed by atoms with Crippen LogP contribution in [0.4, 0.5) is 0 Å². The maximum absolute atomic E-state index is 6.46. The molecule has 1 aromatic rings. The van der Waals surface area contributed by atoms with Crippen molar-refractivity contribution in [3.8, 4) is 0 Å². The van der Waals surface area contributed by atoms with Gasteiger partial charge in [0.15, 0.2) is 0 Å². The van der Waals surface area contributed by atoms with Crippen LogP contribution in [0.2, 0.25) is 0 Å². The van der Waals surface area contributed by atoms with Gasteiger partial charge in [0.2, 0.25) is 0 Å². The van der Waals surface area contributed by atoms with Crippen LogP contribution in [0.5, 0.6) is 0 Å². The molecule has 87 valence electrons. The third-order valence-corrected chi connectivity index (χ3v) is 4.06. The normalized spacial score (nSPS) is 20.7. The van der Waals surface area contributed by atoms with Gasteiger partial charge in [-0.3, -0.25) is 0 Å². The van der Waals surface area contributed by atoms with E-state index in [0.717, 1.165) is 6.42 Å². The standard InChI is InChI=1S/C15H22N/c1-14(2,16)15(11-7-4-8-12-15)13-9-5-3-6-10-13/h3,5-7,9-10H,4,8,11-12,16H2,1-2H3. The molecule has 1 saturated carbocycles. The molecule has 1 fully saturated rings. The Hall–Kier alpha value is -0.820. The molecule has 0 aliphatic heterocycles. The Bertz CT molecular complexity index is 328. The molecule has 2 N–H and O–H groups in total. The number of benzene rings is 1. The molecule has 1 radical (unpaired) electrons. The van der Waals surface area contributed by atoms with Crippen LogP contribution in [0, 0.1) is 6.42 Å². The Kier molecular flexibility index (Phi) is 3.07. The second-order valence-electron chi connectivity index (χ2n) is 5.55. The van der Waals surface area contributed by atoms with E-state index in [2.05, 4.69) is 50.6 Å². The molecule has 1 nitrogen and oxygen atoms in total. The highest BCUT2D eigenvalue weighted by Gasteiger charge is 2.44. The minimum atomic E-state index is -0.161. The Balaban J connectivity index is 2.42. The van der Waals surface area contributed by atoms with Crippen molar-refractivity contribution in [2.75, 3.05) is 0 Å². The SMILES string of the molecule is CC(C)(N)C1(c2ccccc2)C[CH]CCC1. The smallest absolute Gasteiger partial charge is 0.0195 e. The fourth-order valence-corrected chi connectivity index (χ4v) is 2.98. The predicted molar refractivity (Wildman–Crippen MR) is 69.2 cm³/mol. The van der Waals surface area contributed by atoms with E-state index in [1.54, 1.807) is 0 Å². The summed E-state index contributed by atoms with van der Waals surface area (Å²) in [6.45, 7) is 4.33. The second kappa shape index (κ2) is 4.21. The lowest BCUT2D eigenvalue weighted by Crippen LogP contribution is -2.55. The average molecular weight is 216 g/mol. The third-order valence-electron chi connectivity index (χ3n) is 4.06. The quantitative estimate of drug-likeness (QED) is 0.805. The molecule has 1 aromatic carbocycles. The first kappa shape index (κ1) is 11.7. The van der Waals surface area contributed by atoms with Crippen LogP contribution in [0.25, 0.3) is 0 Å². The summed E-state index contributed by atoms with van der Waals surface area (Å²) >= 11 is 0. The van der Waals surface area contributed by atoms with E-state index in [4.69, 9.17) is 5.73 Å². The molecule has 1 atom stereocenters. The maximum Gasteiger partial charge on any atom is 0.0195 e. The molecular weight excluding hydrogens is 194 g/mol. The van der Waals surface area contributed by atoms with E-state index < -0.39 is 0 Å². The van der Waals surface area contributed by atoms with Gasteiger partial charge in [-0.15, -0.1) is 0 Å². The summed E-state index contributed by atoms with van der Waals surface area (Å²) in [6.07, 6.45) is 7.23. The molecule has 0 heterocycles. The minimum Gasteiger partial charge on any atom is -0.325 e.